The normalized spacial score (nSPS) is 10.1. The van der Waals surface area contributed by atoms with Crippen LogP contribution in [0.1, 0.15) is 12.5 Å². The fourth-order valence-electron chi connectivity index (χ4n) is 2.48. The van der Waals surface area contributed by atoms with Crippen molar-refractivity contribution in [1.82, 2.24) is 0 Å². The van der Waals surface area contributed by atoms with Gasteiger partial charge in [0.1, 0.15) is 11.5 Å². The van der Waals surface area contributed by atoms with Crippen LogP contribution in [0.4, 0.5) is 0 Å². The summed E-state index contributed by atoms with van der Waals surface area (Å²) in [6, 6.07) is 27.8. The highest BCUT2D eigenvalue weighted by atomic mass is 16.6. The zero-order chi connectivity index (χ0) is 15.9. The Bertz CT molecular complexity index is 687. The van der Waals surface area contributed by atoms with Crippen molar-refractivity contribution < 1.29 is 9.31 Å². The molecule has 0 amide bonds. The van der Waals surface area contributed by atoms with Gasteiger partial charge in [0, 0.05) is 5.46 Å². The lowest BCUT2D eigenvalue weighted by Crippen LogP contribution is -2.44. The summed E-state index contributed by atoms with van der Waals surface area (Å²) in [5, 5.41) is 0. The maximum absolute atomic E-state index is 6.12. The van der Waals surface area contributed by atoms with Crippen molar-refractivity contribution in [3.63, 3.8) is 0 Å². The van der Waals surface area contributed by atoms with Gasteiger partial charge in [0.2, 0.25) is 0 Å². The standard InChI is InChI=1S/C20H19BO2/c1-2-17-11-9-10-16-20(17)21(22-18-12-5-3-6-13-18)23-19-14-7-4-8-15-19/h3-16H,2H2,1H3. The smallest absolute Gasteiger partial charge is 0.522 e. The highest BCUT2D eigenvalue weighted by Gasteiger charge is 2.28. The third-order valence-electron chi connectivity index (χ3n) is 3.66. The van der Waals surface area contributed by atoms with Gasteiger partial charge in [-0.25, -0.2) is 0 Å². The van der Waals surface area contributed by atoms with Gasteiger partial charge in [-0.2, -0.15) is 0 Å². The minimum atomic E-state index is -0.476. The van der Waals surface area contributed by atoms with E-state index in [-0.39, 0.29) is 0 Å². The van der Waals surface area contributed by atoms with Gasteiger partial charge < -0.3 is 9.31 Å². The Morgan fingerprint density at radius 3 is 1.65 bits per heavy atom. The maximum Gasteiger partial charge on any atom is 0.632 e. The molecule has 0 aliphatic heterocycles. The molecule has 0 heterocycles. The Labute approximate surface area is 137 Å². The van der Waals surface area contributed by atoms with Crippen LogP contribution in [0.5, 0.6) is 11.5 Å². The fourth-order valence-corrected chi connectivity index (χ4v) is 2.48. The molecule has 0 unspecified atom stereocenters. The molecular weight excluding hydrogens is 283 g/mol. The Morgan fingerprint density at radius 2 is 1.13 bits per heavy atom. The first-order valence-electron chi connectivity index (χ1n) is 7.88. The van der Waals surface area contributed by atoms with Gasteiger partial charge in [-0.1, -0.05) is 67.6 Å². The number of benzene rings is 3. The molecule has 3 heteroatoms. The Kier molecular flexibility index (Phi) is 5.00. The highest BCUT2D eigenvalue weighted by Crippen LogP contribution is 2.15. The molecule has 3 aromatic carbocycles. The van der Waals surface area contributed by atoms with E-state index in [0.29, 0.717) is 0 Å². The van der Waals surface area contributed by atoms with Crippen LogP contribution in [0.2, 0.25) is 0 Å². The van der Waals surface area contributed by atoms with E-state index in [1.807, 2.05) is 72.8 Å². The molecule has 0 aliphatic rings. The second-order valence-corrected chi connectivity index (χ2v) is 5.25. The molecule has 0 N–H and O–H groups in total. The summed E-state index contributed by atoms with van der Waals surface area (Å²) >= 11 is 0. The molecule has 0 fully saturated rings. The van der Waals surface area contributed by atoms with Crippen LogP contribution in [-0.4, -0.2) is 7.12 Å². The van der Waals surface area contributed by atoms with E-state index in [1.165, 1.54) is 5.56 Å². The van der Waals surface area contributed by atoms with E-state index in [4.69, 9.17) is 9.31 Å². The third kappa shape index (κ3) is 3.95. The first kappa shape index (κ1) is 15.2. The average Bonchev–Trinajstić information content (AvgIpc) is 2.63. The molecular formula is C20H19BO2. The molecule has 0 atom stereocenters. The minimum Gasteiger partial charge on any atom is -0.522 e. The van der Waals surface area contributed by atoms with E-state index in [1.54, 1.807) is 0 Å². The van der Waals surface area contributed by atoms with Gasteiger partial charge in [-0.3, -0.25) is 0 Å². The number of para-hydroxylation sites is 2. The van der Waals surface area contributed by atoms with Crippen molar-refractivity contribution in [1.29, 1.82) is 0 Å². The van der Waals surface area contributed by atoms with Crippen LogP contribution in [0.3, 0.4) is 0 Å². The SMILES string of the molecule is CCc1ccccc1B(Oc1ccccc1)Oc1ccccc1. The van der Waals surface area contributed by atoms with Gasteiger partial charge in [0.25, 0.3) is 0 Å². The molecule has 2 nitrogen and oxygen atoms in total. The Hall–Kier alpha value is -2.68. The summed E-state index contributed by atoms with van der Waals surface area (Å²) in [5.74, 6) is 1.58. The van der Waals surface area contributed by atoms with Crippen LogP contribution in [0.15, 0.2) is 84.9 Å². The van der Waals surface area contributed by atoms with E-state index in [2.05, 4.69) is 19.1 Å². The van der Waals surface area contributed by atoms with E-state index in [9.17, 15) is 0 Å². The molecule has 114 valence electrons. The number of rotatable bonds is 6. The molecule has 0 saturated carbocycles. The molecule has 0 radical (unpaired) electrons. The topological polar surface area (TPSA) is 18.5 Å². The number of aryl methyl sites for hydroxylation is 1. The van der Waals surface area contributed by atoms with Gasteiger partial charge in [-0.05, 0) is 36.2 Å². The predicted molar refractivity (Wildman–Crippen MR) is 95.3 cm³/mol. The van der Waals surface area contributed by atoms with Crippen LogP contribution >= 0.6 is 0 Å². The second-order valence-electron chi connectivity index (χ2n) is 5.25. The van der Waals surface area contributed by atoms with Crippen LogP contribution < -0.4 is 14.8 Å². The minimum absolute atomic E-state index is 0.476. The van der Waals surface area contributed by atoms with Crippen molar-refractivity contribution in [2.24, 2.45) is 0 Å². The quantitative estimate of drug-likeness (QED) is 0.638. The lowest BCUT2D eigenvalue weighted by Gasteiger charge is -2.19. The lowest BCUT2D eigenvalue weighted by atomic mass is 9.75. The van der Waals surface area contributed by atoms with Crippen molar-refractivity contribution in [2.45, 2.75) is 13.3 Å². The average molecular weight is 302 g/mol. The van der Waals surface area contributed by atoms with Crippen LogP contribution in [0, 0.1) is 0 Å². The summed E-state index contributed by atoms with van der Waals surface area (Å²) < 4.78 is 12.2. The summed E-state index contributed by atoms with van der Waals surface area (Å²) in [7, 11) is -0.476. The summed E-state index contributed by atoms with van der Waals surface area (Å²) in [4.78, 5) is 0. The van der Waals surface area contributed by atoms with E-state index >= 15 is 0 Å². The van der Waals surface area contributed by atoms with Crippen molar-refractivity contribution in [3.8, 4) is 11.5 Å². The summed E-state index contributed by atoms with van der Waals surface area (Å²) in [5.41, 5.74) is 2.28. The Balaban J connectivity index is 1.92. The van der Waals surface area contributed by atoms with Gasteiger partial charge in [0.05, 0.1) is 0 Å². The van der Waals surface area contributed by atoms with Crippen LogP contribution in [-0.2, 0) is 6.42 Å². The molecule has 0 saturated heterocycles. The summed E-state index contributed by atoms with van der Waals surface area (Å²) in [6.45, 7) is 2.14. The second kappa shape index (κ2) is 7.55. The molecule has 3 aromatic rings. The zero-order valence-electron chi connectivity index (χ0n) is 13.2. The monoisotopic (exact) mass is 302 g/mol. The molecule has 0 aliphatic carbocycles. The van der Waals surface area contributed by atoms with Gasteiger partial charge >= 0.3 is 7.12 Å². The summed E-state index contributed by atoms with van der Waals surface area (Å²) in [6.07, 6.45) is 0.934. The molecule has 3 rings (SSSR count). The third-order valence-corrected chi connectivity index (χ3v) is 3.66. The first-order valence-corrected chi connectivity index (χ1v) is 7.88. The van der Waals surface area contributed by atoms with E-state index in [0.717, 1.165) is 23.4 Å². The fraction of sp³-hybridized carbons (Fsp3) is 0.100. The van der Waals surface area contributed by atoms with Crippen molar-refractivity contribution in [3.05, 3.63) is 90.5 Å². The molecule has 0 bridgehead atoms. The first-order chi connectivity index (χ1) is 11.4. The molecule has 0 spiro atoms. The lowest BCUT2D eigenvalue weighted by molar-refractivity contribution is 0.439. The van der Waals surface area contributed by atoms with Gasteiger partial charge in [0.15, 0.2) is 0 Å². The van der Waals surface area contributed by atoms with Crippen molar-refractivity contribution in [2.75, 3.05) is 0 Å². The molecule has 23 heavy (non-hydrogen) atoms. The number of hydrogen-bond donors (Lipinski definition) is 0. The Morgan fingerprint density at radius 1 is 0.652 bits per heavy atom. The highest BCUT2D eigenvalue weighted by molar-refractivity contribution is 6.63. The van der Waals surface area contributed by atoms with E-state index < -0.39 is 7.12 Å². The largest absolute Gasteiger partial charge is 0.632 e. The number of hydrogen-bond acceptors (Lipinski definition) is 2. The maximum atomic E-state index is 6.12. The van der Waals surface area contributed by atoms with Crippen molar-refractivity contribution >= 4 is 12.6 Å². The molecule has 0 aromatic heterocycles. The predicted octanol–water partition coefficient (Wildman–Crippen LogP) is 4.10. The van der Waals surface area contributed by atoms with Crippen LogP contribution in [0.25, 0.3) is 0 Å². The zero-order valence-corrected chi connectivity index (χ0v) is 13.2. The van der Waals surface area contributed by atoms with Gasteiger partial charge in [-0.15, -0.1) is 0 Å².